The van der Waals surface area contributed by atoms with E-state index in [0.29, 0.717) is 0 Å². The predicted octanol–water partition coefficient (Wildman–Crippen LogP) is 1.91. The first-order valence-electron chi connectivity index (χ1n) is 4.35. The highest BCUT2D eigenvalue weighted by atomic mass is 35.5. The summed E-state index contributed by atoms with van der Waals surface area (Å²) in [6, 6.07) is 2.30. The Bertz CT molecular complexity index is 358. The fourth-order valence-corrected chi connectivity index (χ4v) is 1.40. The highest BCUT2D eigenvalue weighted by Crippen LogP contribution is 2.25. The molecule has 0 aliphatic heterocycles. The Morgan fingerprint density at radius 3 is 2.47 bits per heavy atom. The van der Waals surface area contributed by atoms with Crippen molar-refractivity contribution in [2.45, 2.75) is 19.1 Å². The predicted molar refractivity (Wildman–Crippen MR) is 52.8 cm³/mol. The first kappa shape index (κ1) is 12.4. The van der Waals surface area contributed by atoms with Crippen LogP contribution in [0.15, 0.2) is 12.1 Å². The second kappa shape index (κ2) is 4.88. The lowest BCUT2D eigenvalue weighted by Gasteiger charge is -2.17. The molecule has 0 saturated heterocycles. The van der Waals surface area contributed by atoms with Gasteiger partial charge in [0.15, 0.2) is 0 Å². The maximum absolute atomic E-state index is 13.5. The minimum atomic E-state index is -1.65. The van der Waals surface area contributed by atoms with Gasteiger partial charge in [-0.3, -0.25) is 0 Å². The summed E-state index contributed by atoms with van der Waals surface area (Å²) in [5, 5.41) is 18.7. The van der Waals surface area contributed by atoms with E-state index in [0.717, 1.165) is 6.07 Å². The minimum Gasteiger partial charge on any atom is -0.389 e. The normalized spacial score (nSPS) is 15.1. The van der Waals surface area contributed by atoms with Crippen LogP contribution in [0.3, 0.4) is 0 Å². The van der Waals surface area contributed by atoms with Crippen molar-refractivity contribution in [1.82, 2.24) is 0 Å². The molecular weight excluding hydrogens is 226 g/mol. The average molecular weight is 237 g/mol. The van der Waals surface area contributed by atoms with Crippen LogP contribution in [0.4, 0.5) is 8.78 Å². The van der Waals surface area contributed by atoms with Gasteiger partial charge in [0.2, 0.25) is 0 Å². The van der Waals surface area contributed by atoms with Crippen LogP contribution in [0.25, 0.3) is 0 Å². The van der Waals surface area contributed by atoms with Gasteiger partial charge in [0.1, 0.15) is 17.7 Å². The smallest absolute Gasteiger partial charge is 0.134 e. The highest BCUT2D eigenvalue weighted by Gasteiger charge is 2.25. The lowest BCUT2D eigenvalue weighted by atomic mass is 10.0. The van der Waals surface area contributed by atoms with Crippen LogP contribution in [0.2, 0.25) is 0 Å². The Kier molecular flexibility index (Phi) is 4.02. The van der Waals surface area contributed by atoms with Crippen LogP contribution in [0.1, 0.15) is 17.2 Å². The molecule has 2 atom stereocenters. The third-order valence-electron chi connectivity index (χ3n) is 2.14. The molecule has 5 heteroatoms. The number of hydrogen-bond donors (Lipinski definition) is 2. The van der Waals surface area contributed by atoms with Crippen molar-refractivity contribution in [2.24, 2.45) is 0 Å². The van der Waals surface area contributed by atoms with Crippen molar-refractivity contribution < 1.29 is 19.0 Å². The Balaban J connectivity index is 3.18. The van der Waals surface area contributed by atoms with Crippen LogP contribution < -0.4 is 0 Å². The molecule has 1 aromatic rings. The van der Waals surface area contributed by atoms with E-state index in [4.69, 9.17) is 11.6 Å². The zero-order valence-corrected chi connectivity index (χ0v) is 8.80. The van der Waals surface area contributed by atoms with Crippen molar-refractivity contribution in [2.75, 3.05) is 5.88 Å². The van der Waals surface area contributed by atoms with E-state index in [9.17, 15) is 19.0 Å². The van der Waals surface area contributed by atoms with Gasteiger partial charge in [0, 0.05) is 0 Å². The molecule has 15 heavy (non-hydrogen) atoms. The van der Waals surface area contributed by atoms with Crippen LogP contribution in [-0.4, -0.2) is 22.2 Å². The van der Waals surface area contributed by atoms with Gasteiger partial charge in [0.05, 0.1) is 17.5 Å². The van der Waals surface area contributed by atoms with Gasteiger partial charge in [0.25, 0.3) is 0 Å². The zero-order chi connectivity index (χ0) is 11.6. The van der Waals surface area contributed by atoms with Gasteiger partial charge >= 0.3 is 0 Å². The topological polar surface area (TPSA) is 40.5 Å². The molecule has 0 aliphatic carbocycles. The number of aliphatic hydroxyl groups excluding tert-OH is 2. The maximum Gasteiger partial charge on any atom is 0.134 e. The van der Waals surface area contributed by atoms with E-state index < -0.39 is 29.4 Å². The van der Waals surface area contributed by atoms with E-state index in [1.54, 1.807) is 0 Å². The molecule has 0 spiro atoms. The zero-order valence-electron chi connectivity index (χ0n) is 8.04. The maximum atomic E-state index is 13.5. The second-order valence-corrected chi connectivity index (χ2v) is 3.57. The molecular formula is C10H11ClF2O2. The molecule has 2 unspecified atom stereocenters. The van der Waals surface area contributed by atoms with E-state index >= 15 is 0 Å². The monoisotopic (exact) mass is 236 g/mol. The average Bonchev–Trinajstić information content (AvgIpc) is 2.22. The van der Waals surface area contributed by atoms with Crippen molar-refractivity contribution in [3.05, 3.63) is 34.9 Å². The summed E-state index contributed by atoms with van der Waals surface area (Å²) < 4.78 is 26.7. The number of aryl methyl sites for hydroxylation is 1. The van der Waals surface area contributed by atoms with Crippen LogP contribution in [0, 0.1) is 18.6 Å². The molecule has 0 radical (unpaired) electrons. The molecule has 0 fully saturated rings. The largest absolute Gasteiger partial charge is 0.389 e. The molecule has 0 saturated carbocycles. The third kappa shape index (κ3) is 2.45. The number of rotatable bonds is 3. The molecule has 0 heterocycles. The summed E-state index contributed by atoms with van der Waals surface area (Å²) in [6.07, 6.45) is -3.04. The van der Waals surface area contributed by atoms with E-state index in [2.05, 4.69) is 0 Å². The van der Waals surface area contributed by atoms with Crippen molar-refractivity contribution >= 4 is 11.6 Å². The van der Waals surface area contributed by atoms with Gasteiger partial charge in [-0.25, -0.2) is 8.78 Å². The van der Waals surface area contributed by atoms with Gasteiger partial charge < -0.3 is 10.2 Å². The van der Waals surface area contributed by atoms with E-state index in [-0.39, 0.29) is 11.4 Å². The molecule has 0 aromatic heterocycles. The molecule has 0 amide bonds. The standard InChI is InChI=1S/C10H11ClF2O2/c1-5-2-3-6(12)8(9(5)13)10(15)7(14)4-11/h2-3,7,10,14-15H,4H2,1H3. The summed E-state index contributed by atoms with van der Waals surface area (Å²) in [5.41, 5.74) is -0.338. The highest BCUT2D eigenvalue weighted by molar-refractivity contribution is 6.18. The Morgan fingerprint density at radius 1 is 1.33 bits per heavy atom. The van der Waals surface area contributed by atoms with Gasteiger partial charge in [-0.15, -0.1) is 11.6 Å². The van der Waals surface area contributed by atoms with E-state index in [1.165, 1.54) is 13.0 Å². The third-order valence-corrected chi connectivity index (χ3v) is 2.45. The Hall–Kier alpha value is -0.710. The van der Waals surface area contributed by atoms with Crippen molar-refractivity contribution in [3.63, 3.8) is 0 Å². The van der Waals surface area contributed by atoms with Crippen molar-refractivity contribution in [1.29, 1.82) is 0 Å². The molecule has 0 bridgehead atoms. The summed E-state index contributed by atoms with van der Waals surface area (Å²) in [4.78, 5) is 0. The van der Waals surface area contributed by atoms with Crippen LogP contribution >= 0.6 is 11.6 Å². The molecule has 2 nitrogen and oxygen atoms in total. The second-order valence-electron chi connectivity index (χ2n) is 3.26. The lowest BCUT2D eigenvalue weighted by Crippen LogP contribution is -2.22. The number of hydrogen-bond acceptors (Lipinski definition) is 2. The molecule has 84 valence electrons. The van der Waals surface area contributed by atoms with E-state index in [1.807, 2.05) is 0 Å². The number of aliphatic hydroxyl groups is 2. The minimum absolute atomic E-state index is 0.201. The fourth-order valence-electron chi connectivity index (χ4n) is 1.23. The summed E-state index contributed by atoms with van der Waals surface area (Å²) in [5.74, 6) is -2.05. The number of alkyl halides is 1. The quantitative estimate of drug-likeness (QED) is 0.787. The molecule has 0 aliphatic rings. The van der Waals surface area contributed by atoms with Gasteiger partial charge in [-0.2, -0.15) is 0 Å². The molecule has 1 aromatic carbocycles. The van der Waals surface area contributed by atoms with Gasteiger partial charge in [-0.1, -0.05) is 6.07 Å². The summed E-state index contributed by atoms with van der Waals surface area (Å²) in [6.45, 7) is 1.44. The summed E-state index contributed by atoms with van der Waals surface area (Å²) in [7, 11) is 0. The Labute approximate surface area is 91.1 Å². The molecule has 1 rings (SSSR count). The van der Waals surface area contributed by atoms with Crippen molar-refractivity contribution in [3.8, 4) is 0 Å². The fraction of sp³-hybridized carbons (Fsp3) is 0.400. The number of benzene rings is 1. The first-order chi connectivity index (χ1) is 6.99. The lowest BCUT2D eigenvalue weighted by molar-refractivity contribution is 0.0280. The first-order valence-corrected chi connectivity index (χ1v) is 4.89. The summed E-state index contributed by atoms with van der Waals surface area (Å²) >= 11 is 5.29. The SMILES string of the molecule is Cc1ccc(F)c(C(O)C(O)CCl)c1F. The van der Waals surface area contributed by atoms with Crippen LogP contribution in [0.5, 0.6) is 0 Å². The number of halogens is 3. The molecule has 2 N–H and O–H groups in total. The van der Waals surface area contributed by atoms with Crippen LogP contribution in [-0.2, 0) is 0 Å². The Morgan fingerprint density at radius 2 is 1.93 bits per heavy atom. The van der Waals surface area contributed by atoms with Gasteiger partial charge in [-0.05, 0) is 18.6 Å².